The second-order valence-electron chi connectivity index (χ2n) is 6.44. The number of aliphatic carboxylic acids is 1. The molecule has 23 heavy (non-hydrogen) atoms. The first kappa shape index (κ1) is 16.8. The van der Waals surface area contributed by atoms with Gasteiger partial charge in [0.25, 0.3) is 0 Å². The highest BCUT2D eigenvalue weighted by Crippen LogP contribution is 2.51. The van der Waals surface area contributed by atoms with Crippen LogP contribution < -0.4 is 5.73 Å². The normalized spacial score (nSPS) is 37.8. The average Bonchev–Trinajstić information content (AvgIpc) is 3.02. The summed E-state index contributed by atoms with van der Waals surface area (Å²) in [7, 11) is 0. The molecule has 128 valence electrons. The van der Waals surface area contributed by atoms with Gasteiger partial charge in [-0.2, -0.15) is 0 Å². The third-order valence-electron chi connectivity index (χ3n) is 4.91. The molecule has 2 saturated heterocycles. The molecule has 0 aromatic heterocycles. The van der Waals surface area contributed by atoms with E-state index in [4.69, 9.17) is 10.5 Å². The third-order valence-corrected chi connectivity index (χ3v) is 6.39. The number of carbonyl (C=O) groups excluding carboxylic acids is 1. The molecule has 3 aliphatic rings. The first-order chi connectivity index (χ1) is 10.9. The summed E-state index contributed by atoms with van der Waals surface area (Å²) in [4.78, 5) is 26.0. The van der Waals surface area contributed by atoms with E-state index in [2.05, 4.69) is 0 Å². The van der Waals surface area contributed by atoms with Crippen molar-refractivity contribution < 1.29 is 24.5 Å². The summed E-state index contributed by atoms with van der Waals surface area (Å²) in [6.07, 6.45) is 0.0203. The fourth-order valence-electron chi connectivity index (χ4n) is 3.78. The Bertz CT molecular complexity index is 564. The Hall–Kier alpha value is -1.09. The molecular formula is C15H22N2O5S. The maximum Gasteiger partial charge on any atom is 0.353 e. The number of ether oxygens (including phenoxy) is 1. The lowest BCUT2D eigenvalue weighted by molar-refractivity contribution is -0.163. The van der Waals surface area contributed by atoms with E-state index >= 15 is 0 Å². The number of carboxylic acids is 1. The maximum atomic E-state index is 12.2. The molecule has 0 aliphatic carbocycles. The third kappa shape index (κ3) is 2.57. The molecule has 0 aromatic carbocycles. The summed E-state index contributed by atoms with van der Waals surface area (Å²) in [5.41, 5.74) is 5.68. The van der Waals surface area contributed by atoms with Crippen LogP contribution in [0.25, 0.3) is 0 Å². The van der Waals surface area contributed by atoms with Crippen LogP contribution in [0, 0.1) is 11.8 Å². The number of aliphatic hydroxyl groups excluding tert-OH is 1. The monoisotopic (exact) mass is 342 g/mol. The van der Waals surface area contributed by atoms with E-state index in [1.165, 1.54) is 16.7 Å². The number of hydrogen-bond acceptors (Lipinski definition) is 6. The number of fused-ring (bicyclic) bond motifs is 1. The van der Waals surface area contributed by atoms with Crippen molar-refractivity contribution in [1.82, 2.24) is 4.90 Å². The topological polar surface area (TPSA) is 113 Å². The van der Waals surface area contributed by atoms with Gasteiger partial charge in [-0.3, -0.25) is 4.79 Å². The summed E-state index contributed by atoms with van der Waals surface area (Å²) in [6, 6.07) is -0.260. The van der Waals surface area contributed by atoms with Gasteiger partial charge in [-0.15, -0.1) is 11.8 Å². The van der Waals surface area contributed by atoms with Crippen LogP contribution in [-0.4, -0.2) is 63.6 Å². The Morgan fingerprint density at radius 2 is 2.26 bits per heavy atom. The number of thioether (sulfide) groups is 1. The largest absolute Gasteiger partial charge is 0.477 e. The van der Waals surface area contributed by atoms with Gasteiger partial charge in [0, 0.05) is 22.6 Å². The molecule has 7 nitrogen and oxygen atoms in total. The van der Waals surface area contributed by atoms with Crippen LogP contribution >= 0.6 is 11.8 Å². The van der Waals surface area contributed by atoms with Crippen molar-refractivity contribution in [3.8, 4) is 0 Å². The van der Waals surface area contributed by atoms with E-state index in [1.54, 1.807) is 6.92 Å². The molecule has 6 atom stereocenters. The van der Waals surface area contributed by atoms with Gasteiger partial charge in [0.1, 0.15) is 5.70 Å². The van der Waals surface area contributed by atoms with Crippen molar-refractivity contribution >= 4 is 23.6 Å². The highest BCUT2D eigenvalue weighted by Gasteiger charge is 2.60. The van der Waals surface area contributed by atoms with E-state index in [1.807, 2.05) is 6.92 Å². The molecule has 2 fully saturated rings. The molecule has 3 rings (SSSR count). The number of carbonyl (C=O) groups is 2. The van der Waals surface area contributed by atoms with Crippen LogP contribution in [0.5, 0.6) is 0 Å². The molecule has 0 spiro atoms. The first-order valence-electron chi connectivity index (χ1n) is 7.83. The maximum absolute atomic E-state index is 12.2. The number of hydrogen-bond donors (Lipinski definition) is 3. The van der Waals surface area contributed by atoms with Gasteiger partial charge >= 0.3 is 5.97 Å². The smallest absolute Gasteiger partial charge is 0.353 e. The molecule has 1 unspecified atom stereocenters. The van der Waals surface area contributed by atoms with Gasteiger partial charge in [0.2, 0.25) is 5.91 Å². The Balaban J connectivity index is 1.83. The minimum atomic E-state index is -1.09. The molecule has 0 radical (unpaired) electrons. The summed E-state index contributed by atoms with van der Waals surface area (Å²) in [5, 5.41) is 19.5. The summed E-state index contributed by atoms with van der Waals surface area (Å²) < 4.78 is 5.57. The van der Waals surface area contributed by atoms with Crippen LogP contribution in [0.15, 0.2) is 10.6 Å². The van der Waals surface area contributed by atoms with E-state index in [-0.39, 0.29) is 34.9 Å². The minimum absolute atomic E-state index is 0.0157. The van der Waals surface area contributed by atoms with Crippen LogP contribution in [-0.2, 0) is 14.3 Å². The lowest BCUT2D eigenvalue weighted by Crippen LogP contribution is -2.63. The molecule has 3 aliphatic heterocycles. The minimum Gasteiger partial charge on any atom is -0.477 e. The summed E-state index contributed by atoms with van der Waals surface area (Å²) in [5.74, 6) is -2.00. The molecular weight excluding hydrogens is 320 g/mol. The highest BCUT2D eigenvalue weighted by atomic mass is 32.2. The Labute approximate surface area is 138 Å². The number of nitrogens with two attached hydrogens (primary N) is 1. The van der Waals surface area contributed by atoms with Gasteiger partial charge in [-0.05, 0) is 13.3 Å². The molecule has 0 aromatic rings. The van der Waals surface area contributed by atoms with Crippen molar-refractivity contribution in [2.75, 3.05) is 13.2 Å². The Kier molecular flexibility index (Phi) is 4.43. The number of rotatable bonds is 5. The number of carboxylic acid groups (broad SMARTS) is 1. The van der Waals surface area contributed by atoms with Crippen LogP contribution in [0.1, 0.15) is 20.3 Å². The standard InChI is InChI=1S/C15H22N2O5S/c1-6-11-10(7(2)18)14(19)17(11)12(15(20)21)13(6)23-9-3-8(4-16)22-5-9/h6-11,18H,3-5,16H2,1-2H3,(H,20,21)/t6-,7-,8+,9-,10-,11?/m1/s1. The first-order valence-corrected chi connectivity index (χ1v) is 8.71. The number of aliphatic hydroxyl groups is 1. The van der Waals surface area contributed by atoms with E-state index < -0.39 is 18.0 Å². The fraction of sp³-hybridized carbons (Fsp3) is 0.733. The van der Waals surface area contributed by atoms with Gasteiger partial charge < -0.3 is 25.6 Å². The van der Waals surface area contributed by atoms with Crippen LogP contribution in [0.3, 0.4) is 0 Å². The zero-order chi connectivity index (χ0) is 16.9. The quantitative estimate of drug-likeness (QED) is 0.602. The number of amides is 1. The highest BCUT2D eigenvalue weighted by molar-refractivity contribution is 8.03. The van der Waals surface area contributed by atoms with Gasteiger partial charge in [-0.25, -0.2) is 4.79 Å². The van der Waals surface area contributed by atoms with E-state index in [9.17, 15) is 19.8 Å². The van der Waals surface area contributed by atoms with E-state index in [0.717, 1.165) is 6.42 Å². The summed E-state index contributed by atoms with van der Waals surface area (Å²) >= 11 is 1.48. The molecule has 4 N–H and O–H groups in total. The predicted octanol–water partition coefficient (Wildman–Crippen LogP) is -0.0105. The van der Waals surface area contributed by atoms with Crippen molar-refractivity contribution in [1.29, 1.82) is 0 Å². The van der Waals surface area contributed by atoms with Crippen molar-refractivity contribution in [3.05, 3.63) is 10.6 Å². The second-order valence-corrected chi connectivity index (χ2v) is 7.78. The predicted molar refractivity (Wildman–Crippen MR) is 84.4 cm³/mol. The zero-order valence-electron chi connectivity index (χ0n) is 13.1. The van der Waals surface area contributed by atoms with Crippen LogP contribution in [0.4, 0.5) is 0 Å². The lowest BCUT2D eigenvalue weighted by Gasteiger charge is -2.46. The lowest BCUT2D eigenvalue weighted by atomic mass is 9.79. The SMILES string of the molecule is C[C@H]1C(S[C@H]2CO[C@H](CN)C2)=C(C(=O)O)N2C(=O)[C@H]([C@@H](C)O)C12. The van der Waals surface area contributed by atoms with E-state index in [0.29, 0.717) is 18.1 Å². The molecule has 0 bridgehead atoms. The Morgan fingerprint density at radius 3 is 2.78 bits per heavy atom. The van der Waals surface area contributed by atoms with Crippen LogP contribution in [0.2, 0.25) is 0 Å². The summed E-state index contributed by atoms with van der Waals surface area (Å²) in [6.45, 7) is 4.49. The number of nitrogens with zero attached hydrogens (tertiary/aromatic N) is 1. The second kappa shape index (κ2) is 6.08. The zero-order valence-corrected chi connectivity index (χ0v) is 14.0. The van der Waals surface area contributed by atoms with Gasteiger partial charge in [0.15, 0.2) is 0 Å². The molecule has 3 heterocycles. The molecule has 8 heteroatoms. The van der Waals surface area contributed by atoms with Crippen molar-refractivity contribution in [2.45, 2.75) is 43.8 Å². The average molecular weight is 342 g/mol. The van der Waals surface area contributed by atoms with Crippen molar-refractivity contribution in [2.24, 2.45) is 17.6 Å². The van der Waals surface area contributed by atoms with Gasteiger partial charge in [0.05, 0.1) is 30.8 Å². The fourth-order valence-corrected chi connectivity index (χ4v) is 5.25. The van der Waals surface area contributed by atoms with Gasteiger partial charge in [-0.1, -0.05) is 6.92 Å². The Morgan fingerprint density at radius 1 is 1.57 bits per heavy atom. The molecule has 1 amide bonds. The molecule has 0 saturated carbocycles. The van der Waals surface area contributed by atoms with Crippen molar-refractivity contribution in [3.63, 3.8) is 0 Å². The number of β-lactam (4-membered cyclic amide) rings is 1.